The van der Waals surface area contributed by atoms with Crippen molar-refractivity contribution in [3.8, 4) is 34.5 Å². The number of aromatic nitrogens is 3. The van der Waals surface area contributed by atoms with Crippen LogP contribution in [-0.4, -0.2) is 15.4 Å². The predicted octanol–water partition coefficient (Wildman–Crippen LogP) is 3.02. The fourth-order valence-electron chi connectivity index (χ4n) is 2.15. The maximum Gasteiger partial charge on any atom is 0.190 e. The van der Waals surface area contributed by atoms with Crippen molar-refractivity contribution in [2.24, 2.45) is 0 Å². The smallest absolute Gasteiger partial charge is 0.190 e. The third-order valence-electron chi connectivity index (χ3n) is 3.21. The quantitative estimate of drug-likeness (QED) is 0.785. The zero-order valence-electron chi connectivity index (χ0n) is 11.2. The van der Waals surface area contributed by atoms with Gasteiger partial charge in [-0.1, -0.05) is 24.3 Å². The Kier molecular flexibility index (Phi) is 3.35. The van der Waals surface area contributed by atoms with E-state index >= 15 is 0 Å². The van der Waals surface area contributed by atoms with Gasteiger partial charge in [0, 0.05) is 5.56 Å². The minimum Gasteiger partial charge on any atom is -0.206 e. The number of benzene rings is 2. The van der Waals surface area contributed by atoms with Gasteiger partial charge in [-0.05, 0) is 29.3 Å². The summed E-state index contributed by atoms with van der Waals surface area (Å²) in [6.07, 6.45) is 0. The van der Waals surface area contributed by atoms with Crippen LogP contribution < -0.4 is 0 Å². The first kappa shape index (κ1) is 13.5. The van der Waals surface area contributed by atoms with Crippen LogP contribution in [0.4, 0.5) is 4.39 Å². The van der Waals surface area contributed by atoms with Gasteiger partial charge in [0.2, 0.25) is 0 Å². The van der Waals surface area contributed by atoms with Crippen molar-refractivity contribution >= 4 is 0 Å². The zero-order chi connectivity index (χ0) is 15.5. The van der Waals surface area contributed by atoms with Crippen molar-refractivity contribution in [3.05, 3.63) is 59.5 Å². The first-order chi connectivity index (χ1) is 10.7. The summed E-state index contributed by atoms with van der Waals surface area (Å²) in [4.78, 5) is 0. The first-order valence-electron chi connectivity index (χ1n) is 6.34. The minimum absolute atomic E-state index is 0.0120. The fourth-order valence-corrected chi connectivity index (χ4v) is 2.15. The molecular formula is C16H8FN5. The van der Waals surface area contributed by atoms with Crippen LogP contribution in [-0.2, 0) is 0 Å². The van der Waals surface area contributed by atoms with Gasteiger partial charge >= 0.3 is 0 Å². The van der Waals surface area contributed by atoms with Crippen LogP contribution in [0.5, 0.6) is 0 Å². The SMILES string of the molecule is N#Cc1cc(-c2cccc(-c3n[nH]nc3C#N)c2)ccc1F. The summed E-state index contributed by atoms with van der Waals surface area (Å²) in [6.45, 7) is 0. The van der Waals surface area contributed by atoms with Crippen LogP contribution in [0.1, 0.15) is 11.3 Å². The van der Waals surface area contributed by atoms with Crippen molar-refractivity contribution in [2.45, 2.75) is 0 Å². The molecule has 0 saturated heterocycles. The lowest BCUT2D eigenvalue weighted by Gasteiger charge is -2.05. The average molecular weight is 289 g/mol. The summed E-state index contributed by atoms with van der Waals surface area (Å²) in [6, 6.07) is 15.4. The molecule has 1 aromatic heterocycles. The molecule has 0 fully saturated rings. The molecule has 2 aromatic carbocycles. The molecule has 6 heteroatoms. The molecule has 0 unspecified atom stereocenters. The molecule has 0 atom stereocenters. The van der Waals surface area contributed by atoms with E-state index in [2.05, 4.69) is 15.4 Å². The second-order valence-electron chi connectivity index (χ2n) is 4.52. The largest absolute Gasteiger partial charge is 0.206 e. The highest BCUT2D eigenvalue weighted by Crippen LogP contribution is 2.27. The Morgan fingerprint density at radius 3 is 2.45 bits per heavy atom. The maximum atomic E-state index is 13.4. The van der Waals surface area contributed by atoms with Gasteiger partial charge in [0.15, 0.2) is 5.69 Å². The highest BCUT2D eigenvalue weighted by Gasteiger charge is 2.11. The molecule has 0 bridgehead atoms. The van der Waals surface area contributed by atoms with Crippen molar-refractivity contribution in [3.63, 3.8) is 0 Å². The average Bonchev–Trinajstić information content (AvgIpc) is 3.04. The van der Waals surface area contributed by atoms with Gasteiger partial charge in [0.25, 0.3) is 0 Å². The Hall–Kier alpha value is -3.51. The molecule has 0 aliphatic heterocycles. The predicted molar refractivity (Wildman–Crippen MR) is 76.6 cm³/mol. The number of nitriles is 2. The molecule has 3 aromatic rings. The second-order valence-corrected chi connectivity index (χ2v) is 4.52. The van der Waals surface area contributed by atoms with Crippen LogP contribution >= 0.6 is 0 Å². The van der Waals surface area contributed by atoms with Crippen molar-refractivity contribution < 1.29 is 4.39 Å². The van der Waals surface area contributed by atoms with Crippen LogP contribution in [0, 0.1) is 28.5 Å². The number of nitrogens with zero attached hydrogens (tertiary/aromatic N) is 4. The Labute approximate surface area is 125 Å². The number of halogens is 1. The number of aromatic amines is 1. The van der Waals surface area contributed by atoms with Gasteiger partial charge in [-0.2, -0.15) is 20.8 Å². The van der Waals surface area contributed by atoms with Crippen LogP contribution in [0.15, 0.2) is 42.5 Å². The third kappa shape index (κ3) is 2.30. The zero-order valence-corrected chi connectivity index (χ0v) is 11.2. The van der Waals surface area contributed by atoms with E-state index in [0.29, 0.717) is 16.8 Å². The fraction of sp³-hybridized carbons (Fsp3) is 0. The summed E-state index contributed by atoms with van der Waals surface area (Å²) < 4.78 is 13.4. The number of nitrogens with one attached hydrogen (secondary N) is 1. The number of H-pyrrole nitrogens is 1. The molecule has 1 heterocycles. The molecule has 3 rings (SSSR count). The van der Waals surface area contributed by atoms with E-state index in [9.17, 15) is 4.39 Å². The molecule has 0 aliphatic rings. The molecule has 0 spiro atoms. The molecule has 5 nitrogen and oxygen atoms in total. The lowest BCUT2D eigenvalue weighted by Crippen LogP contribution is -1.87. The van der Waals surface area contributed by atoms with E-state index in [0.717, 1.165) is 5.56 Å². The van der Waals surface area contributed by atoms with E-state index in [1.54, 1.807) is 18.2 Å². The highest BCUT2D eigenvalue weighted by molar-refractivity contribution is 5.73. The number of rotatable bonds is 2. The van der Waals surface area contributed by atoms with Crippen LogP contribution in [0.25, 0.3) is 22.4 Å². The summed E-state index contributed by atoms with van der Waals surface area (Å²) in [5.41, 5.74) is 2.86. The van der Waals surface area contributed by atoms with Crippen molar-refractivity contribution in [2.75, 3.05) is 0 Å². The second kappa shape index (κ2) is 5.47. The normalized spacial score (nSPS) is 9.95. The minimum atomic E-state index is -0.550. The summed E-state index contributed by atoms with van der Waals surface area (Å²) >= 11 is 0. The topological polar surface area (TPSA) is 89.2 Å². The first-order valence-corrected chi connectivity index (χ1v) is 6.34. The van der Waals surface area contributed by atoms with Gasteiger partial charge in [-0.15, -0.1) is 5.10 Å². The maximum absolute atomic E-state index is 13.4. The van der Waals surface area contributed by atoms with E-state index in [4.69, 9.17) is 10.5 Å². The Bertz CT molecular complexity index is 930. The van der Waals surface area contributed by atoms with Gasteiger partial charge < -0.3 is 0 Å². The third-order valence-corrected chi connectivity index (χ3v) is 3.21. The number of hydrogen-bond acceptors (Lipinski definition) is 4. The lowest BCUT2D eigenvalue weighted by atomic mass is 9.99. The Morgan fingerprint density at radius 2 is 1.68 bits per heavy atom. The van der Waals surface area contributed by atoms with E-state index in [-0.39, 0.29) is 11.3 Å². The molecule has 0 saturated carbocycles. The molecule has 104 valence electrons. The molecule has 0 amide bonds. The molecule has 22 heavy (non-hydrogen) atoms. The Balaban J connectivity index is 2.10. The van der Waals surface area contributed by atoms with E-state index in [1.165, 1.54) is 12.1 Å². The Morgan fingerprint density at radius 1 is 0.909 bits per heavy atom. The van der Waals surface area contributed by atoms with Gasteiger partial charge in [0.1, 0.15) is 23.6 Å². The number of hydrogen-bond donors (Lipinski definition) is 1. The highest BCUT2D eigenvalue weighted by atomic mass is 19.1. The van der Waals surface area contributed by atoms with Gasteiger partial charge in [-0.25, -0.2) is 4.39 Å². The van der Waals surface area contributed by atoms with E-state index < -0.39 is 5.82 Å². The summed E-state index contributed by atoms with van der Waals surface area (Å²) in [5.74, 6) is -0.550. The standard InChI is InChI=1S/C16H8FN5/c17-14-5-4-11(7-13(14)8-18)10-2-1-3-12(6-10)16-15(9-19)20-22-21-16/h1-7H,(H,20,21,22). The van der Waals surface area contributed by atoms with Gasteiger partial charge in [-0.3, -0.25) is 0 Å². The van der Waals surface area contributed by atoms with Crippen molar-refractivity contribution in [1.82, 2.24) is 15.4 Å². The molecular weight excluding hydrogens is 281 g/mol. The summed E-state index contributed by atoms with van der Waals surface area (Å²) in [7, 11) is 0. The molecule has 1 N–H and O–H groups in total. The summed E-state index contributed by atoms with van der Waals surface area (Å²) in [5, 5.41) is 28.1. The van der Waals surface area contributed by atoms with Crippen molar-refractivity contribution in [1.29, 1.82) is 10.5 Å². The van der Waals surface area contributed by atoms with E-state index in [1.807, 2.05) is 24.3 Å². The molecule has 0 radical (unpaired) electrons. The van der Waals surface area contributed by atoms with Crippen LogP contribution in [0.3, 0.4) is 0 Å². The molecule has 0 aliphatic carbocycles. The van der Waals surface area contributed by atoms with Gasteiger partial charge in [0.05, 0.1) is 5.56 Å². The lowest BCUT2D eigenvalue weighted by molar-refractivity contribution is 0.624. The van der Waals surface area contributed by atoms with Crippen LogP contribution in [0.2, 0.25) is 0 Å². The monoisotopic (exact) mass is 289 g/mol.